The van der Waals surface area contributed by atoms with Gasteiger partial charge in [0.1, 0.15) is 11.4 Å². The molecule has 0 saturated heterocycles. The van der Waals surface area contributed by atoms with Crippen LogP contribution >= 0.6 is 11.8 Å². The summed E-state index contributed by atoms with van der Waals surface area (Å²) in [4.78, 5) is 24.7. The maximum Gasteiger partial charge on any atom is 0.253 e. The van der Waals surface area contributed by atoms with Gasteiger partial charge in [-0.3, -0.25) is 9.59 Å². The molecule has 2 rings (SSSR count). The van der Waals surface area contributed by atoms with Gasteiger partial charge in [0, 0.05) is 13.1 Å². The molecule has 6 heteroatoms. The molecule has 0 aliphatic carbocycles. The van der Waals surface area contributed by atoms with Crippen LogP contribution in [-0.2, 0) is 13.1 Å². The normalized spacial score (nSPS) is 10.7. The van der Waals surface area contributed by atoms with E-state index in [0.717, 1.165) is 11.1 Å². The molecule has 0 spiro atoms. The fourth-order valence-corrected chi connectivity index (χ4v) is 1.86. The second-order valence-corrected chi connectivity index (χ2v) is 4.20. The van der Waals surface area contributed by atoms with E-state index in [4.69, 9.17) is 17.5 Å². The Morgan fingerprint density at radius 3 is 2.39 bits per heavy atom. The van der Waals surface area contributed by atoms with Crippen LogP contribution in [0.25, 0.3) is 0 Å². The van der Waals surface area contributed by atoms with Gasteiger partial charge in [-0.1, -0.05) is 24.3 Å². The number of rotatable bonds is 5. The summed E-state index contributed by atoms with van der Waals surface area (Å²) < 4.78 is 0. The molecule has 0 radical (unpaired) electrons. The van der Waals surface area contributed by atoms with E-state index in [1.54, 1.807) is 0 Å². The first-order valence-corrected chi connectivity index (χ1v) is 5.75. The molecular formula is C12H12ClN3O2. The summed E-state index contributed by atoms with van der Waals surface area (Å²) in [5, 5.41) is 2.87. The fourth-order valence-electron chi connectivity index (χ4n) is 1.70. The summed E-state index contributed by atoms with van der Waals surface area (Å²) >= 11 is 5.43. The molecule has 0 aromatic heterocycles. The van der Waals surface area contributed by atoms with Crippen LogP contribution in [0.3, 0.4) is 0 Å². The van der Waals surface area contributed by atoms with Crippen molar-refractivity contribution in [2.45, 2.75) is 13.1 Å². The maximum atomic E-state index is 11.2. The zero-order chi connectivity index (χ0) is 13.1. The minimum Gasteiger partial charge on any atom is -0.394 e. The molecule has 18 heavy (non-hydrogen) atoms. The van der Waals surface area contributed by atoms with Crippen LogP contribution in [0.1, 0.15) is 11.1 Å². The molecule has 0 bridgehead atoms. The predicted octanol–water partition coefficient (Wildman–Crippen LogP) is 0.720. The average Bonchev–Trinajstić information content (AvgIpc) is 2.39. The Hall–Kier alpha value is -1.85. The molecule has 0 atom stereocenters. The van der Waals surface area contributed by atoms with Crippen LogP contribution in [0.2, 0.25) is 0 Å². The van der Waals surface area contributed by atoms with Crippen molar-refractivity contribution in [3.8, 4) is 0 Å². The first kappa shape index (κ1) is 12.6. The van der Waals surface area contributed by atoms with E-state index < -0.39 is 10.9 Å². The van der Waals surface area contributed by atoms with Crippen molar-refractivity contribution >= 4 is 23.2 Å². The van der Waals surface area contributed by atoms with Gasteiger partial charge in [0.05, 0.1) is 0 Å². The molecule has 0 heterocycles. The molecule has 0 saturated carbocycles. The summed E-state index contributed by atoms with van der Waals surface area (Å²) in [6.45, 7) is 0.989. The fraction of sp³-hybridized carbons (Fsp3) is 0.167. The predicted molar refractivity (Wildman–Crippen MR) is 72.2 cm³/mol. The minimum atomic E-state index is -0.613. The summed E-state index contributed by atoms with van der Waals surface area (Å²) in [5.74, 6) is 0. The number of nitrogens with one attached hydrogen (secondary N) is 2. The van der Waals surface area contributed by atoms with Gasteiger partial charge in [-0.15, -0.1) is 0 Å². The van der Waals surface area contributed by atoms with Gasteiger partial charge in [-0.05, 0) is 22.9 Å². The molecule has 5 nitrogen and oxygen atoms in total. The molecule has 2 aromatic rings. The van der Waals surface area contributed by atoms with E-state index >= 15 is 0 Å². The lowest BCUT2D eigenvalue weighted by atomic mass is 10.1. The maximum absolute atomic E-state index is 11.2. The highest BCUT2D eigenvalue weighted by Gasteiger charge is 2.16. The third kappa shape index (κ3) is 2.37. The molecular weight excluding hydrogens is 254 g/mol. The van der Waals surface area contributed by atoms with Crippen LogP contribution < -0.4 is 26.7 Å². The van der Waals surface area contributed by atoms with Crippen LogP contribution in [0.4, 0.5) is 11.4 Å². The molecule has 0 unspecified atom stereocenters. The van der Waals surface area contributed by atoms with Crippen molar-refractivity contribution in [2.75, 3.05) is 11.1 Å². The summed E-state index contributed by atoms with van der Waals surface area (Å²) in [6, 6.07) is 7.69. The van der Waals surface area contributed by atoms with Crippen LogP contribution in [0.5, 0.6) is 0 Å². The van der Waals surface area contributed by atoms with Gasteiger partial charge in [-0.2, -0.15) is 0 Å². The number of benzene rings is 1. The quantitative estimate of drug-likeness (QED) is 0.548. The number of nitrogen functional groups attached to an aromatic ring is 1. The molecule has 0 fully saturated rings. The highest BCUT2D eigenvalue weighted by atomic mass is 35.5. The summed E-state index contributed by atoms with van der Waals surface area (Å²) in [6.07, 6.45) is 0. The van der Waals surface area contributed by atoms with Crippen molar-refractivity contribution in [3.05, 3.63) is 55.8 Å². The van der Waals surface area contributed by atoms with Crippen molar-refractivity contribution < 1.29 is 0 Å². The first-order valence-electron chi connectivity index (χ1n) is 5.37. The standard InChI is InChI=1S/C12H12ClN3O2/c13-16-6-8-3-1-2-7(4-8)5-15-10-9(14)11(17)12(10)18/h1-4,15-16H,5-6,14H2. The molecule has 0 aliphatic heterocycles. The van der Waals surface area contributed by atoms with Gasteiger partial charge in [0.2, 0.25) is 0 Å². The molecule has 0 aliphatic rings. The average molecular weight is 266 g/mol. The van der Waals surface area contributed by atoms with Crippen LogP contribution in [0.15, 0.2) is 33.9 Å². The van der Waals surface area contributed by atoms with E-state index in [1.807, 2.05) is 24.3 Å². The van der Waals surface area contributed by atoms with Gasteiger partial charge in [0.25, 0.3) is 10.9 Å². The topological polar surface area (TPSA) is 84.2 Å². The first-order chi connectivity index (χ1) is 8.63. The second-order valence-electron chi connectivity index (χ2n) is 3.93. The van der Waals surface area contributed by atoms with Gasteiger partial charge >= 0.3 is 0 Å². The summed E-state index contributed by atoms with van der Waals surface area (Å²) in [7, 11) is 0. The number of hydrogen-bond acceptors (Lipinski definition) is 5. The minimum absolute atomic E-state index is 0.0126. The van der Waals surface area contributed by atoms with Gasteiger partial charge in [0.15, 0.2) is 0 Å². The number of nitrogens with two attached hydrogens (primary N) is 1. The zero-order valence-electron chi connectivity index (χ0n) is 9.50. The molecule has 94 valence electrons. The Labute approximate surface area is 108 Å². The van der Waals surface area contributed by atoms with Crippen molar-refractivity contribution in [3.63, 3.8) is 0 Å². The highest BCUT2D eigenvalue weighted by molar-refractivity contribution is 6.13. The second kappa shape index (κ2) is 5.20. The Kier molecular flexibility index (Phi) is 3.64. The van der Waals surface area contributed by atoms with Crippen molar-refractivity contribution in [1.82, 2.24) is 4.84 Å². The molecule has 4 N–H and O–H groups in total. The lowest BCUT2D eigenvalue weighted by Gasteiger charge is -2.10. The number of halogens is 1. The SMILES string of the molecule is Nc1c(NCc2cccc(CNCl)c2)c(=O)c1=O. The largest absolute Gasteiger partial charge is 0.394 e. The van der Waals surface area contributed by atoms with Gasteiger partial charge in [-0.25, -0.2) is 4.84 Å². The van der Waals surface area contributed by atoms with E-state index in [0.29, 0.717) is 13.1 Å². The lowest BCUT2D eigenvalue weighted by molar-refractivity contribution is 0.956. The van der Waals surface area contributed by atoms with E-state index in [1.165, 1.54) is 0 Å². The lowest BCUT2D eigenvalue weighted by Crippen LogP contribution is -2.36. The van der Waals surface area contributed by atoms with E-state index in [9.17, 15) is 9.59 Å². The third-order valence-corrected chi connectivity index (χ3v) is 2.81. The van der Waals surface area contributed by atoms with Crippen molar-refractivity contribution in [1.29, 1.82) is 0 Å². The Morgan fingerprint density at radius 1 is 1.11 bits per heavy atom. The van der Waals surface area contributed by atoms with Crippen molar-refractivity contribution in [2.24, 2.45) is 0 Å². The Bertz CT molecular complexity index is 632. The van der Waals surface area contributed by atoms with E-state index in [2.05, 4.69) is 10.2 Å². The zero-order valence-corrected chi connectivity index (χ0v) is 10.3. The molecule has 0 amide bonds. The smallest absolute Gasteiger partial charge is 0.253 e. The highest BCUT2D eigenvalue weighted by Crippen LogP contribution is 2.12. The monoisotopic (exact) mass is 265 g/mol. The van der Waals surface area contributed by atoms with Crippen LogP contribution in [-0.4, -0.2) is 0 Å². The number of hydrogen-bond donors (Lipinski definition) is 3. The third-order valence-electron chi connectivity index (χ3n) is 2.68. The van der Waals surface area contributed by atoms with Crippen LogP contribution in [0, 0.1) is 0 Å². The summed E-state index contributed by atoms with van der Waals surface area (Å²) in [5.41, 5.74) is 6.48. The molecule has 2 aromatic carbocycles. The van der Waals surface area contributed by atoms with Gasteiger partial charge < -0.3 is 11.1 Å². The number of anilines is 2. The Morgan fingerprint density at radius 2 is 1.78 bits per heavy atom. The van der Waals surface area contributed by atoms with E-state index in [-0.39, 0.29) is 11.4 Å². The Balaban J connectivity index is 2.05.